The number of imidazole rings is 1. The van der Waals surface area contributed by atoms with E-state index in [0.717, 1.165) is 21.8 Å². The molecular weight excluding hydrogens is 396 g/mol. The Bertz CT molecular complexity index is 1090. The number of nitrogens with one attached hydrogen (secondary N) is 1. The highest BCUT2D eigenvalue weighted by atomic mass is 32.2. The highest BCUT2D eigenvalue weighted by Gasteiger charge is 2.23. The summed E-state index contributed by atoms with van der Waals surface area (Å²) in [5.74, 6) is 6.39. The van der Waals surface area contributed by atoms with Crippen LogP contribution in [-0.4, -0.2) is 26.6 Å². The van der Waals surface area contributed by atoms with E-state index in [2.05, 4.69) is 22.6 Å². The van der Waals surface area contributed by atoms with Crippen molar-refractivity contribution < 1.29 is 4.79 Å². The minimum absolute atomic E-state index is 0.0546. The first-order valence-electron chi connectivity index (χ1n) is 9.89. The van der Waals surface area contributed by atoms with Crippen LogP contribution in [0.3, 0.4) is 0 Å². The number of nitrogens with zero attached hydrogens (tertiary/aromatic N) is 3. The number of nitrogens with two attached hydrogens (primary N) is 2. The standard InChI is InChI=1S/C22H26N6OS/c1-30-20-5-3-2-4-16(20)10-25-22(29)19(23)14-28(24)13-18-12-27-11-17(15-6-7-15)8-9-21(27)26-18/h2-5,8-9,11-12,14-15H,6-7,10,13,23-24H2,1H3,(H,25,29)/b19-14-. The number of hydrogen-bond donors (Lipinski definition) is 3. The molecule has 1 fully saturated rings. The van der Waals surface area contributed by atoms with Crippen LogP contribution in [-0.2, 0) is 17.9 Å². The Hall–Kier alpha value is -2.97. The van der Waals surface area contributed by atoms with Crippen LogP contribution in [0.25, 0.3) is 5.65 Å². The lowest BCUT2D eigenvalue weighted by molar-refractivity contribution is -0.117. The molecule has 1 aliphatic rings. The van der Waals surface area contributed by atoms with Gasteiger partial charge in [-0.05, 0) is 48.3 Å². The van der Waals surface area contributed by atoms with Gasteiger partial charge in [0.25, 0.3) is 5.91 Å². The zero-order valence-electron chi connectivity index (χ0n) is 16.9. The molecule has 1 aliphatic carbocycles. The first kappa shape index (κ1) is 20.3. The van der Waals surface area contributed by atoms with E-state index >= 15 is 0 Å². The van der Waals surface area contributed by atoms with E-state index in [0.29, 0.717) is 19.0 Å². The maximum atomic E-state index is 12.3. The van der Waals surface area contributed by atoms with Gasteiger partial charge in [-0.2, -0.15) is 0 Å². The van der Waals surface area contributed by atoms with Crippen LogP contribution in [0.4, 0.5) is 0 Å². The molecule has 0 unspecified atom stereocenters. The van der Waals surface area contributed by atoms with Crippen LogP contribution < -0.4 is 16.9 Å². The molecule has 8 heteroatoms. The molecule has 1 saturated carbocycles. The summed E-state index contributed by atoms with van der Waals surface area (Å²) < 4.78 is 2.03. The Kier molecular flexibility index (Phi) is 5.96. The maximum Gasteiger partial charge on any atom is 0.268 e. The second kappa shape index (κ2) is 8.81. The van der Waals surface area contributed by atoms with Gasteiger partial charge in [-0.15, -0.1) is 11.8 Å². The number of benzene rings is 1. The van der Waals surface area contributed by atoms with Crippen molar-refractivity contribution in [3.8, 4) is 0 Å². The summed E-state index contributed by atoms with van der Waals surface area (Å²) in [7, 11) is 0. The highest BCUT2D eigenvalue weighted by Crippen LogP contribution is 2.39. The Balaban J connectivity index is 1.36. The van der Waals surface area contributed by atoms with Crippen LogP contribution in [0.15, 0.2) is 65.6 Å². The molecule has 0 radical (unpaired) electrons. The van der Waals surface area contributed by atoms with E-state index in [-0.39, 0.29) is 11.6 Å². The first-order chi connectivity index (χ1) is 14.5. The lowest BCUT2D eigenvalue weighted by Crippen LogP contribution is -2.32. The van der Waals surface area contributed by atoms with E-state index < -0.39 is 0 Å². The van der Waals surface area contributed by atoms with Crippen molar-refractivity contribution in [3.63, 3.8) is 0 Å². The molecule has 3 aromatic rings. The highest BCUT2D eigenvalue weighted by molar-refractivity contribution is 7.98. The van der Waals surface area contributed by atoms with Gasteiger partial charge in [-0.3, -0.25) is 4.79 Å². The third-order valence-electron chi connectivity index (χ3n) is 5.12. The molecule has 0 bridgehead atoms. The summed E-state index contributed by atoms with van der Waals surface area (Å²) in [6.45, 7) is 0.758. The summed E-state index contributed by atoms with van der Waals surface area (Å²) in [6, 6.07) is 12.1. The van der Waals surface area contributed by atoms with Crippen LogP contribution in [0.1, 0.15) is 35.6 Å². The van der Waals surface area contributed by atoms with Gasteiger partial charge >= 0.3 is 0 Å². The molecule has 7 nitrogen and oxygen atoms in total. The molecule has 2 aromatic heterocycles. The number of carbonyl (C=O) groups excluding carboxylic acids is 1. The summed E-state index contributed by atoms with van der Waals surface area (Å²) in [4.78, 5) is 18.1. The summed E-state index contributed by atoms with van der Waals surface area (Å²) in [6.07, 6.45) is 10.1. The van der Waals surface area contributed by atoms with Gasteiger partial charge in [-0.1, -0.05) is 24.3 Å². The van der Waals surface area contributed by atoms with Gasteiger partial charge in [0.1, 0.15) is 11.3 Å². The quantitative estimate of drug-likeness (QED) is 0.223. The predicted octanol–water partition coefficient (Wildman–Crippen LogP) is 2.73. The van der Waals surface area contributed by atoms with Crippen molar-refractivity contribution in [2.45, 2.75) is 36.7 Å². The molecule has 5 N–H and O–H groups in total. The molecule has 2 heterocycles. The predicted molar refractivity (Wildman–Crippen MR) is 119 cm³/mol. The number of thioether (sulfide) groups is 1. The number of aromatic nitrogens is 2. The molecule has 0 atom stereocenters. The Morgan fingerprint density at radius 3 is 2.87 bits per heavy atom. The van der Waals surface area contributed by atoms with Crippen LogP contribution >= 0.6 is 11.8 Å². The largest absolute Gasteiger partial charge is 0.393 e. The van der Waals surface area contributed by atoms with E-state index in [1.807, 2.05) is 47.2 Å². The lowest BCUT2D eigenvalue weighted by Gasteiger charge is -2.14. The summed E-state index contributed by atoms with van der Waals surface area (Å²) in [5.41, 5.74) is 10.1. The Labute approximate surface area is 180 Å². The van der Waals surface area contributed by atoms with Crippen molar-refractivity contribution in [1.29, 1.82) is 0 Å². The maximum absolute atomic E-state index is 12.3. The Morgan fingerprint density at radius 2 is 2.10 bits per heavy atom. The molecule has 0 saturated heterocycles. The number of hydrogen-bond acceptors (Lipinski definition) is 6. The zero-order chi connectivity index (χ0) is 21.1. The average molecular weight is 423 g/mol. The fourth-order valence-corrected chi connectivity index (χ4v) is 4.01. The molecule has 0 spiro atoms. The van der Waals surface area contributed by atoms with Gasteiger partial charge in [0, 0.05) is 30.0 Å². The Morgan fingerprint density at radius 1 is 1.30 bits per heavy atom. The van der Waals surface area contributed by atoms with Gasteiger partial charge in [0.05, 0.1) is 12.2 Å². The van der Waals surface area contributed by atoms with Crippen molar-refractivity contribution in [2.75, 3.05) is 6.26 Å². The van der Waals surface area contributed by atoms with Gasteiger partial charge < -0.3 is 20.5 Å². The molecule has 1 aromatic carbocycles. The summed E-state index contributed by atoms with van der Waals surface area (Å²) in [5, 5.41) is 4.22. The topological polar surface area (TPSA) is 102 Å². The van der Waals surface area contributed by atoms with E-state index in [9.17, 15) is 4.79 Å². The summed E-state index contributed by atoms with van der Waals surface area (Å²) >= 11 is 1.64. The molecule has 4 rings (SSSR count). The van der Waals surface area contributed by atoms with Gasteiger partial charge in [0.2, 0.25) is 0 Å². The average Bonchev–Trinajstić information content (AvgIpc) is 3.52. The number of hydrazine groups is 1. The fraction of sp³-hybridized carbons (Fsp3) is 0.273. The number of amides is 1. The van der Waals surface area contributed by atoms with Gasteiger partial charge in [-0.25, -0.2) is 10.8 Å². The minimum atomic E-state index is -0.356. The van der Waals surface area contributed by atoms with Crippen molar-refractivity contribution in [3.05, 3.63) is 77.5 Å². The van der Waals surface area contributed by atoms with E-state index in [1.165, 1.54) is 29.6 Å². The van der Waals surface area contributed by atoms with Crippen molar-refractivity contribution in [1.82, 2.24) is 19.7 Å². The monoisotopic (exact) mass is 422 g/mol. The normalized spacial score (nSPS) is 14.1. The fourth-order valence-electron chi connectivity index (χ4n) is 3.39. The second-order valence-electron chi connectivity index (χ2n) is 7.49. The number of fused-ring (bicyclic) bond motifs is 1. The zero-order valence-corrected chi connectivity index (χ0v) is 17.7. The SMILES string of the molecule is CSc1ccccc1CNC(=O)/C(N)=C/N(N)Cc1cn2cc(C3CC3)ccc2n1. The first-order valence-corrected chi connectivity index (χ1v) is 11.1. The van der Waals surface area contributed by atoms with Crippen molar-refractivity contribution >= 4 is 23.3 Å². The van der Waals surface area contributed by atoms with Crippen molar-refractivity contribution in [2.24, 2.45) is 11.6 Å². The van der Waals surface area contributed by atoms with Crippen LogP contribution in [0, 0.1) is 0 Å². The number of pyridine rings is 1. The molecule has 0 aliphatic heterocycles. The van der Waals surface area contributed by atoms with Crippen LogP contribution in [0.5, 0.6) is 0 Å². The molecule has 30 heavy (non-hydrogen) atoms. The van der Waals surface area contributed by atoms with E-state index in [4.69, 9.17) is 11.6 Å². The second-order valence-corrected chi connectivity index (χ2v) is 8.33. The van der Waals surface area contributed by atoms with E-state index in [1.54, 1.807) is 11.8 Å². The minimum Gasteiger partial charge on any atom is -0.393 e. The van der Waals surface area contributed by atoms with Crippen LogP contribution in [0.2, 0.25) is 0 Å². The number of carbonyl (C=O) groups is 1. The lowest BCUT2D eigenvalue weighted by atomic mass is 10.2. The molecular formula is C22H26N6OS. The third kappa shape index (κ3) is 4.77. The van der Waals surface area contributed by atoms with Gasteiger partial charge in [0.15, 0.2) is 0 Å². The molecule has 156 valence electrons. The number of rotatable bonds is 8. The third-order valence-corrected chi connectivity index (χ3v) is 5.95. The molecule has 1 amide bonds. The smallest absolute Gasteiger partial charge is 0.268 e.